The summed E-state index contributed by atoms with van der Waals surface area (Å²) >= 11 is 0. The highest BCUT2D eigenvalue weighted by Gasteiger charge is 2.41. The summed E-state index contributed by atoms with van der Waals surface area (Å²) in [5, 5.41) is 0. The van der Waals surface area contributed by atoms with Crippen molar-refractivity contribution in [2.24, 2.45) is 0 Å². The lowest BCUT2D eigenvalue weighted by atomic mass is 9.90. The fourth-order valence-corrected chi connectivity index (χ4v) is 6.84. The van der Waals surface area contributed by atoms with Crippen LogP contribution in [0, 0.1) is 0 Å². The molecule has 0 spiro atoms. The second kappa shape index (κ2) is 13.2. The van der Waals surface area contributed by atoms with Crippen LogP contribution in [0.5, 0.6) is 0 Å². The minimum Gasteiger partial charge on any atom is -0.335 e. The molecule has 14 heteroatoms. The Labute approximate surface area is 268 Å². The predicted octanol–water partition coefficient (Wildman–Crippen LogP) is 4.87. The Hall–Kier alpha value is -4.04. The number of hydrogen-bond acceptors (Lipinski definition) is 6. The monoisotopic (exact) mass is 660 g/mol. The first kappa shape index (κ1) is 32.9. The molecule has 0 radical (unpaired) electrons. The van der Waals surface area contributed by atoms with Gasteiger partial charge in [-0.15, -0.1) is 0 Å². The third kappa shape index (κ3) is 7.43. The van der Waals surface area contributed by atoms with Gasteiger partial charge in [-0.2, -0.15) is 26.3 Å². The number of aromatic nitrogens is 2. The van der Waals surface area contributed by atoms with Gasteiger partial charge in [0.05, 0.1) is 17.3 Å². The predicted molar refractivity (Wildman–Crippen MR) is 159 cm³/mol. The Balaban J connectivity index is 1.12. The van der Waals surface area contributed by atoms with Gasteiger partial charge >= 0.3 is 12.4 Å². The maximum absolute atomic E-state index is 13.7. The normalized spacial score (nSPS) is 21.8. The van der Waals surface area contributed by atoms with Crippen molar-refractivity contribution in [1.82, 2.24) is 29.6 Å². The molecule has 0 saturated carbocycles. The number of alkyl halides is 6. The van der Waals surface area contributed by atoms with E-state index in [1.54, 1.807) is 4.90 Å². The van der Waals surface area contributed by atoms with Crippen molar-refractivity contribution < 1.29 is 35.9 Å². The van der Waals surface area contributed by atoms with Crippen molar-refractivity contribution in [2.75, 3.05) is 45.8 Å². The number of nitrogens with zero attached hydrogens (tertiary/aromatic N) is 6. The SMILES string of the molecule is O=C(c1cnccn1)N1CC(N2CCN(C3CCN(C(=O)c4cc(C(F)(F)F)cc(C(F)(F)F)c4)C(Cc4ccccc4)C3)CC2)C1. The molecule has 3 aliphatic rings. The topological polar surface area (TPSA) is 72.9 Å². The summed E-state index contributed by atoms with van der Waals surface area (Å²) in [4.78, 5) is 42.3. The summed E-state index contributed by atoms with van der Waals surface area (Å²) in [6.07, 6.45) is -4.11. The molecule has 2 atom stereocenters. The summed E-state index contributed by atoms with van der Waals surface area (Å²) in [5.41, 5.74) is -2.39. The molecule has 250 valence electrons. The van der Waals surface area contributed by atoms with Crippen LogP contribution in [0.15, 0.2) is 67.1 Å². The van der Waals surface area contributed by atoms with Crippen molar-refractivity contribution in [1.29, 1.82) is 0 Å². The standard InChI is InChI=1S/C33H34F6N6O2/c34-32(35,36)24-15-23(16-25(17-24)33(37,38)39)30(46)45-9-6-26(18-27(45)14-22-4-2-1-3-5-22)42-10-12-43(13-11-42)28-20-44(21-28)31(47)29-19-40-7-8-41-29/h1-5,7-8,15-17,19,26-28H,6,9-14,18,20-21H2. The van der Waals surface area contributed by atoms with Gasteiger partial charge < -0.3 is 9.80 Å². The van der Waals surface area contributed by atoms with E-state index in [2.05, 4.69) is 19.8 Å². The maximum Gasteiger partial charge on any atom is 0.416 e. The highest BCUT2D eigenvalue weighted by Crippen LogP contribution is 2.37. The molecule has 3 aromatic rings. The highest BCUT2D eigenvalue weighted by atomic mass is 19.4. The van der Waals surface area contributed by atoms with E-state index in [4.69, 9.17) is 0 Å². The number of halogens is 6. The first-order valence-electron chi connectivity index (χ1n) is 15.5. The number of carbonyl (C=O) groups excluding carboxylic acids is 2. The van der Waals surface area contributed by atoms with Crippen LogP contribution in [0.1, 0.15) is 50.4 Å². The minimum atomic E-state index is -5.04. The zero-order valence-corrected chi connectivity index (χ0v) is 25.4. The highest BCUT2D eigenvalue weighted by molar-refractivity contribution is 5.95. The Kier molecular flexibility index (Phi) is 9.25. The van der Waals surface area contributed by atoms with Crippen LogP contribution in [0.2, 0.25) is 0 Å². The van der Waals surface area contributed by atoms with Crippen LogP contribution in [-0.2, 0) is 18.8 Å². The molecule has 3 aliphatic heterocycles. The molecule has 0 bridgehead atoms. The van der Waals surface area contributed by atoms with Gasteiger partial charge in [-0.05, 0) is 43.0 Å². The molecule has 1 aromatic heterocycles. The van der Waals surface area contributed by atoms with Crippen molar-refractivity contribution in [3.8, 4) is 0 Å². The van der Waals surface area contributed by atoms with Gasteiger partial charge in [-0.3, -0.25) is 24.4 Å². The van der Waals surface area contributed by atoms with Crippen LogP contribution >= 0.6 is 0 Å². The van der Waals surface area contributed by atoms with Gasteiger partial charge in [0.15, 0.2) is 0 Å². The molecule has 0 aliphatic carbocycles. The number of likely N-dealkylation sites (tertiary alicyclic amines) is 2. The molecule has 2 aromatic carbocycles. The molecule has 0 N–H and O–H groups in total. The fourth-order valence-electron chi connectivity index (χ4n) is 6.84. The van der Waals surface area contributed by atoms with Crippen molar-refractivity contribution in [3.05, 3.63) is 95.1 Å². The Morgan fingerprint density at radius 2 is 1.38 bits per heavy atom. The number of amides is 2. The quantitative estimate of drug-likeness (QED) is 0.352. The lowest BCUT2D eigenvalue weighted by molar-refractivity contribution is -0.143. The molecule has 8 nitrogen and oxygen atoms in total. The maximum atomic E-state index is 13.7. The van der Waals surface area contributed by atoms with E-state index in [1.165, 1.54) is 23.5 Å². The van der Waals surface area contributed by atoms with Crippen LogP contribution in [0.4, 0.5) is 26.3 Å². The number of rotatable bonds is 6. The van der Waals surface area contributed by atoms with Crippen molar-refractivity contribution in [3.63, 3.8) is 0 Å². The number of carbonyl (C=O) groups is 2. The first-order valence-corrected chi connectivity index (χ1v) is 15.5. The van der Waals surface area contributed by atoms with Crippen LogP contribution in [0.25, 0.3) is 0 Å². The van der Waals surface area contributed by atoms with Crippen molar-refractivity contribution >= 4 is 11.8 Å². The largest absolute Gasteiger partial charge is 0.416 e. The third-order valence-electron chi connectivity index (χ3n) is 9.41. The summed E-state index contributed by atoms with van der Waals surface area (Å²) in [5.74, 6) is -0.977. The number of piperazine rings is 1. The van der Waals surface area contributed by atoms with E-state index in [0.29, 0.717) is 50.2 Å². The lowest BCUT2D eigenvalue weighted by Crippen LogP contribution is -2.65. The summed E-state index contributed by atoms with van der Waals surface area (Å²) in [6, 6.07) is 10.4. The molecule has 4 heterocycles. The van der Waals surface area contributed by atoms with Crippen LogP contribution in [-0.4, -0.2) is 105 Å². The van der Waals surface area contributed by atoms with Crippen LogP contribution < -0.4 is 0 Å². The van der Waals surface area contributed by atoms with E-state index in [9.17, 15) is 35.9 Å². The lowest BCUT2D eigenvalue weighted by Gasteiger charge is -2.50. The third-order valence-corrected chi connectivity index (χ3v) is 9.41. The van der Waals surface area contributed by atoms with Crippen LogP contribution in [0.3, 0.4) is 0 Å². The molecule has 2 amide bonds. The van der Waals surface area contributed by atoms with Gasteiger partial charge in [-0.1, -0.05) is 30.3 Å². The number of piperidine rings is 1. The zero-order chi connectivity index (χ0) is 33.3. The van der Waals surface area contributed by atoms with Gasteiger partial charge in [0.1, 0.15) is 5.69 Å². The van der Waals surface area contributed by atoms with Gasteiger partial charge in [0.25, 0.3) is 11.8 Å². The number of benzene rings is 2. The van der Waals surface area contributed by atoms with Gasteiger partial charge in [0.2, 0.25) is 0 Å². The van der Waals surface area contributed by atoms with E-state index in [-0.39, 0.29) is 30.6 Å². The van der Waals surface area contributed by atoms with Gasteiger partial charge in [-0.25, -0.2) is 4.98 Å². The van der Waals surface area contributed by atoms with Gasteiger partial charge in [0, 0.05) is 81.9 Å². The molecular formula is C33H34F6N6O2. The second-order valence-electron chi connectivity index (χ2n) is 12.3. The van der Waals surface area contributed by atoms with E-state index in [1.807, 2.05) is 30.3 Å². The molecule has 47 heavy (non-hydrogen) atoms. The Morgan fingerprint density at radius 1 is 0.766 bits per heavy atom. The first-order chi connectivity index (χ1) is 22.4. The Morgan fingerprint density at radius 3 is 1.96 bits per heavy atom. The molecule has 2 unspecified atom stereocenters. The molecule has 3 saturated heterocycles. The summed E-state index contributed by atoms with van der Waals surface area (Å²) in [6.45, 7) is 4.57. The van der Waals surface area contributed by atoms with Crippen molar-refractivity contribution in [2.45, 2.75) is 49.7 Å². The van der Waals surface area contributed by atoms with E-state index < -0.39 is 41.0 Å². The average Bonchev–Trinajstić information content (AvgIpc) is 3.04. The fraction of sp³-hybridized carbons (Fsp3) is 0.455. The molecule has 6 rings (SSSR count). The minimum absolute atomic E-state index is 0.0427. The summed E-state index contributed by atoms with van der Waals surface area (Å²) in [7, 11) is 0. The summed E-state index contributed by atoms with van der Waals surface area (Å²) < 4.78 is 81.4. The molecule has 3 fully saturated rings. The smallest absolute Gasteiger partial charge is 0.335 e. The van der Waals surface area contributed by atoms with E-state index >= 15 is 0 Å². The van der Waals surface area contributed by atoms with E-state index in [0.717, 1.165) is 31.7 Å². The average molecular weight is 661 g/mol. The zero-order valence-electron chi connectivity index (χ0n) is 25.4. The Bertz CT molecular complexity index is 1530. The molecular weight excluding hydrogens is 626 g/mol. The number of hydrogen-bond donors (Lipinski definition) is 0. The second-order valence-corrected chi connectivity index (χ2v) is 12.3.